The summed E-state index contributed by atoms with van der Waals surface area (Å²) < 4.78 is 12.7. The third kappa shape index (κ3) is 5.27. The van der Waals surface area contributed by atoms with Gasteiger partial charge in [-0.2, -0.15) is 5.10 Å². The Kier molecular flexibility index (Phi) is 6.34. The molecular weight excluding hydrogens is 444 g/mol. The molecule has 0 saturated heterocycles. The normalized spacial score (nSPS) is 12.3. The number of hydrogen-bond acceptors (Lipinski definition) is 5. The van der Waals surface area contributed by atoms with Crippen LogP contribution in [0.1, 0.15) is 49.7 Å². The van der Waals surface area contributed by atoms with Gasteiger partial charge in [0.2, 0.25) is 0 Å². The highest BCUT2D eigenvalue weighted by atomic mass is 16.5. The van der Waals surface area contributed by atoms with Gasteiger partial charge in [-0.3, -0.25) is 14.3 Å². The number of anilines is 1. The van der Waals surface area contributed by atoms with E-state index in [2.05, 4.69) is 27.9 Å². The van der Waals surface area contributed by atoms with Crippen LogP contribution in [0.15, 0.2) is 71.5 Å². The molecule has 8 heteroatoms. The molecule has 0 spiro atoms. The summed E-state index contributed by atoms with van der Waals surface area (Å²) in [6.07, 6.45) is 6.57. The van der Waals surface area contributed by atoms with Gasteiger partial charge in [-0.15, -0.1) is 0 Å². The van der Waals surface area contributed by atoms with Crippen molar-refractivity contribution in [1.29, 1.82) is 0 Å². The first-order valence-corrected chi connectivity index (χ1v) is 11.5. The SMILES string of the molecule is Cn1cc(NC(=O)c2cccc(COc3ccc4c(c3)CCC4)c2)c(C(=O)NCc2ccco2)n1. The molecule has 0 unspecified atom stereocenters. The van der Waals surface area contributed by atoms with Crippen LogP contribution < -0.4 is 15.4 Å². The van der Waals surface area contributed by atoms with E-state index in [9.17, 15) is 9.59 Å². The van der Waals surface area contributed by atoms with Crippen molar-refractivity contribution < 1.29 is 18.7 Å². The Bertz CT molecular complexity index is 1360. The standard InChI is InChI=1S/C27H26N4O4/c1-31-16-24(25(30-31)27(33)28-15-23-9-4-12-34-23)29-26(32)21-8-2-5-18(13-21)17-35-22-11-10-19-6-3-7-20(19)14-22/h2,4-5,8-14,16H,3,6-7,15,17H2,1H3,(H,28,33)(H,29,32). The second-order valence-corrected chi connectivity index (χ2v) is 8.55. The van der Waals surface area contributed by atoms with Crippen molar-refractivity contribution in [2.45, 2.75) is 32.4 Å². The number of benzene rings is 2. The van der Waals surface area contributed by atoms with Gasteiger partial charge in [0, 0.05) is 18.8 Å². The van der Waals surface area contributed by atoms with Gasteiger partial charge < -0.3 is 19.8 Å². The molecular formula is C27H26N4O4. The van der Waals surface area contributed by atoms with Crippen molar-refractivity contribution in [2.75, 3.05) is 5.32 Å². The second kappa shape index (κ2) is 9.89. The second-order valence-electron chi connectivity index (χ2n) is 8.55. The zero-order chi connectivity index (χ0) is 24.2. The lowest BCUT2D eigenvalue weighted by Gasteiger charge is -2.10. The summed E-state index contributed by atoms with van der Waals surface area (Å²) in [5.74, 6) is 0.714. The highest BCUT2D eigenvalue weighted by Gasteiger charge is 2.19. The molecule has 2 aromatic heterocycles. The maximum absolute atomic E-state index is 13.0. The Morgan fingerprint density at radius 3 is 2.80 bits per heavy atom. The smallest absolute Gasteiger partial charge is 0.274 e. The molecule has 178 valence electrons. The van der Waals surface area contributed by atoms with Gasteiger partial charge >= 0.3 is 0 Å². The molecule has 2 N–H and O–H groups in total. The molecule has 0 radical (unpaired) electrons. The van der Waals surface area contributed by atoms with Crippen LogP contribution in [-0.4, -0.2) is 21.6 Å². The molecule has 2 aromatic carbocycles. The van der Waals surface area contributed by atoms with E-state index >= 15 is 0 Å². The molecule has 0 saturated carbocycles. The predicted molar refractivity (Wildman–Crippen MR) is 130 cm³/mol. The number of nitrogens with zero attached hydrogens (tertiary/aromatic N) is 2. The Morgan fingerprint density at radius 2 is 1.94 bits per heavy atom. The number of amides is 2. The molecule has 0 atom stereocenters. The van der Waals surface area contributed by atoms with Gasteiger partial charge in [0.25, 0.3) is 11.8 Å². The van der Waals surface area contributed by atoms with Gasteiger partial charge in [-0.1, -0.05) is 18.2 Å². The first-order valence-electron chi connectivity index (χ1n) is 11.5. The van der Waals surface area contributed by atoms with E-state index < -0.39 is 5.91 Å². The van der Waals surface area contributed by atoms with Gasteiger partial charge in [-0.05, 0) is 72.4 Å². The zero-order valence-corrected chi connectivity index (χ0v) is 19.4. The number of carbonyl (C=O) groups is 2. The van der Waals surface area contributed by atoms with Crippen LogP contribution in [0.4, 0.5) is 5.69 Å². The maximum atomic E-state index is 13.0. The van der Waals surface area contributed by atoms with Crippen LogP contribution in [0.3, 0.4) is 0 Å². The summed E-state index contributed by atoms with van der Waals surface area (Å²) in [7, 11) is 1.69. The molecule has 8 nitrogen and oxygen atoms in total. The molecule has 4 aromatic rings. The molecule has 5 rings (SSSR count). The van der Waals surface area contributed by atoms with E-state index in [1.54, 1.807) is 43.8 Å². The fourth-order valence-corrected chi connectivity index (χ4v) is 4.21. The third-order valence-electron chi connectivity index (χ3n) is 5.96. The number of furan rings is 1. The number of aromatic nitrogens is 2. The minimum absolute atomic E-state index is 0.128. The topological polar surface area (TPSA) is 98.4 Å². The Labute approximate surface area is 202 Å². The zero-order valence-electron chi connectivity index (χ0n) is 19.4. The first-order chi connectivity index (χ1) is 17.0. The summed E-state index contributed by atoms with van der Waals surface area (Å²) in [5.41, 5.74) is 4.56. The van der Waals surface area contributed by atoms with Crippen molar-refractivity contribution in [3.63, 3.8) is 0 Å². The molecule has 2 heterocycles. The van der Waals surface area contributed by atoms with E-state index in [1.165, 1.54) is 22.2 Å². The van der Waals surface area contributed by atoms with Crippen LogP contribution in [-0.2, 0) is 33.0 Å². The number of fused-ring (bicyclic) bond motifs is 1. The average molecular weight is 471 g/mol. The average Bonchev–Trinajstić information content (AvgIpc) is 3.62. The van der Waals surface area contributed by atoms with Gasteiger partial charge in [0.1, 0.15) is 18.1 Å². The number of hydrogen-bond donors (Lipinski definition) is 2. The fraction of sp³-hybridized carbons (Fsp3) is 0.222. The lowest BCUT2D eigenvalue weighted by molar-refractivity contribution is 0.0943. The number of rotatable bonds is 8. The van der Waals surface area contributed by atoms with Crippen LogP contribution >= 0.6 is 0 Å². The van der Waals surface area contributed by atoms with E-state index in [0.717, 1.165) is 24.2 Å². The minimum atomic E-state index is -0.409. The predicted octanol–water partition coefficient (Wildman–Crippen LogP) is 4.26. The summed E-state index contributed by atoms with van der Waals surface area (Å²) >= 11 is 0. The van der Waals surface area contributed by atoms with Gasteiger partial charge in [0.05, 0.1) is 18.5 Å². The molecule has 0 fully saturated rings. The fourth-order valence-electron chi connectivity index (χ4n) is 4.21. The van der Waals surface area contributed by atoms with Crippen LogP contribution in [0, 0.1) is 0 Å². The number of carbonyl (C=O) groups excluding carboxylic acids is 2. The summed E-state index contributed by atoms with van der Waals surface area (Å²) in [5, 5.41) is 9.75. The Morgan fingerprint density at radius 1 is 1.06 bits per heavy atom. The number of ether oxygens (including phenoxy) is 1. The van der Waals surface area contributed by atoms with Crippen LogP contribution in [0.25, 0.3) is 0 Å². The monoisotopic (exact) mass is 470 g/mol. The molecule has 1 aliphatic carbocycles. The van der Waals surface area contributed by atoms with Crippen molar-refractivity contribution >= 4 is 17.5 Å². The Hall–Kier alpha value is -4.33. The van der Waals surface area contributed by atoms with E-state index in [1.807, 2.05) is 18.2 Å². The van der Waals surface area contributed by atoms with Crippen molar-refractivity contribution in [2.24, 2.45) is 7.05 Å². The lowest BCUT2D eigenvalue weighted by Crippen LogP contribution is -2.25. The maximum Gasteiger partial charge on any atom is 0.274 e. The van der Waals surface area contributed by atoms with E-state index in [-0.39, 0.29) is 18.1 Å². The third-order valence-corrected chi connectivity index (χ3v) is 5.96. The lowest BCUT2D eigenvalue weighted by atomic mass is 10.1. The van der Waals surface area contributed by atoms with E-state index in [4.69, 9.17) is 9.15 Å². The molecule has 0 bridgehead atoms. The van der Waals surface area contributed by atoms with Crippen LogP contribution in [0.2, 0.25) is 0 Å². The molecule has 35 heavy (non-hydrogen) atoms. The van der Waals surface area contributed by atoms with Crippen molar-refractivity contribution in [1.82, 2.24) is 15.1 Å². The van der Waals surface area contributed by atoms with Gasteiger partial charge in [0.15, 0.2) is 5.69 Å². The van der Waals surface area contributed by atoms with Crippen LogP contribution in [0.5, 0.6) is 5.75 Å². The number of aryl methyl sites for hydroxylation is 3. The Balaban J connectivity index is 1.23. The quantitative estimate of drug-likeness (QED) is 0.401. The van der Waals surface area contributed by atoms with E-state index in [0.29, 0.717) is 23.6 Å². The highest BCUT2D eigenvalue weighted by molar-refractivity contribution is 6.08. The molecule has 2 amide bonds. The minimum Gasteiger partial charge on any atom is -0.489 e. The number of nitrogens with one attached hydrogen (secondary N) is 2. The summed E-state index contributed by atoms with van der Waals surface area (Å²) in [6.45, 7) is 0.579. The molecule has 0 aliphatic heterocycles. The van der Waals surface area contributed by atoms with Gasteiger partial charge in [-0.25, -0.2) is 0 Å². The summed E-state index contributed by atoms with van der Waals surface area (Å²) in [4.78, 5) is 25.6. The van der Waals surface area contributed by atoms with Crippen molar-refractivity contribution in [3.05, 3.63) is 101 Å². The molecule has 1 aliphatic rings. The first kappa shape index (κ1) is 22.5. The van der Waals surface area contributed by atoms with Crippen molar-refractivity contribution in [3.8, 4) is 5.75 Å². The highest BCUT2D eigenvalue weighted by Crippen LogP contribution is 2.26. The summed E-state index contributed by atoms with van der Waals surface area (Å²) in [6, 6.07) is 17.0. The largest absolute Gasteiger partial charge is 0.489 e.